The van der Waals surface area contributed by atoms with E-state index in [-0.39, 0.29) is 5.91 Å². The predicted octanol–water partition coefficient (Wildman–Crippen LogP) is 2.50. The molecule has 0 bridgehead atoms. The van der Waals surface area contributed by atoms with Gasteiger partial charge in [0.15, 0.2) is 11.5 Å². The quantitative estimate of drug-likeness (QED) is 0.748. The summed E-state index contributed by atoms with van der Waals surface area (Å²) in [5, 5.41) is 2.85. The molecule has 0 aliphatic heterocycles. The molecule has 116 valence electrons. The lowest BCUT2D eigenvalue weighted by Gasteiger charge is -2.13. The molecule has 1 aromatic rings. The second-order valence-corrected chi connectivity index (χ2v) is 4.40. The van der Waals surface area contributed by atoms with E-state index >= 15 is 0 Å². The van der Waals surface area contributed by atoms with Gasteiger partial charge >= 0.3 is 0 Å². The Hall–Kier alpha value is -2.01. The smallest absolute Gasteiger partial charge is 0.251 e. The molecule has 0 atom stereocenters. The first kappa shape index (κ1) is 17.0. The van der Waals surface area contributed by atoms with Crippen molar-refractivity contribution in [3.63, 3.8) is 0 Å². The van der Waals surface area contributed by atoms with Crippen LogP contribution in [-0.2, 0) is 4.74 Å². The Bertz CT molecular complexity index is 497. The average molecular weight is 293 g/mol. The minimum absolute atomic E-state index is 0.141. The molecular weight excluding hydrogens is 270 g/mol. The first-order valence-corrected chi connectivity index (χ1v) is 6.83. The Morgan fingerprint density at radius 2 is 2.00 bits per heavy atom. The molecule has 0 fully saturated rings. The summed E-state index contributed by atoms with van der Waals surface area (Å²) in [4.78, 5) is 12.2. The number of nitrogens with one attached hydrogen (secondary N) is 1. The van der Waals surface area contributed by atoms with Crippen LogP contribution in [0.25, 0.3) is 6.08 Å². The van der Waals surface area contributed by atoms with E-state index in [4.69, 9.17) is 14.2 Å². The Labute approximate surface area is 125 Å². The standard InChI is InChI=1S/C16H23NO4/c1-5-7-12-10-13(11-14(20-3)15(12)21-4)16(18)17-8-6-9-19-2/h5,7,10-11H,6,8-9H2,1-4H3,(H,17,18). The zero-order valence-electron chi connectivity index (χ0n) is 13.1. The van der Waals surface area contributed by atoms with Crippen LogP contribution < -0.4 is 14.8 Å². The van der Waals surface area contributed by atoms with Crippen molar-refractivity contribution in [3.05, 3.63) is 29.3 Å². The van der Waals surface area contributed by atoms with Crippen LogP contribution in [0.1, 0.15) is 29.3 Å². The lowest BCUT2D eigenvalue weighted by molar-refractivity contribution is 0.0948. The van der Waals surface area contributed by atoms with Crippen LogP contribution in [0.4, 0.5) is 0 Å². The molecule has 1 rings (SSSR count). The van der Waals surface area contributed by atoms with Gasteiger partial charge in [0.05, 0.1) is 14.2 Å². The van der Waals surface area contributed by atoms with Gasteiger partial charge in [0.2, 0.25) is 0 Å². The summed E-state index contributed by atoms with van der Waals surface area (Å²) in [6, 6.07) is 3.46. The number of carbonyl (C=O) groups excluding carboxylic acids is 1. The van der Waals surface area contributed by atoms with Crippen LogP contribution in [0.15, 0.2) is 18.2 Å². The van der Waals surface area contributed by atoms with Gasteiger partial charge in [0, 0.05) is 31.4 Å². The van der Waals surface area contributed by atoms with Gasteiger partial charge in [0.25, 0.3) is 5.91 Å². The number of allylic oxidation sites excluding steroid dienone is 1. The normalized spacial score (nSPS) is 10.7. The molecule has 0 heterocycles. The van der Waals surface area contributed by atoms with E-state index in [0.717, 1.165) is 12.0 Å². The lowest BCUT2D eigenvalue weighted by Crippen LogP contribution is -2.25. The molecule has 0 radical (unpaired) electrons. The van der Waals surface area contributed by atoms with Gasteiger partial charge < -0.3 is 19.5 Å². The molecule has 0 unspecified atom stereocenters. The van der Waals surface area contributed by atoms with E-state index in [1.165, 1.54) is 0 Å². The maximum Gasteiger partial charge on any atom is 0.251 e. The van der Waals surface area contributed by atoms with Gasteiger partial charge in [-0.2, -0.15) is 0 Å². The molecule has 1 N–H and O–H groups in total. The maximum absolute atomic E-state index is 12.2. The zero-order chi connectivity index (χ0) is 15.7. The summed E-state index contributed by atoms with van der Waals surface area (Å²) in [6.45, 7) is 3.10. The Kier molecular flexibility index (Phi) is 7.32. The van der Waals surface area contributed by atoms with Crippen molar-refractivity contribution in [2.45, 2.75) is 13.3 Å². The Morgan fingerprint density at radius 1 is 1.24 bits per heavy atom. The monoisotopic (exact) mass is 293 g/mol. The van der Waals surface area contributed by atoms with Gasteiger partial charge in [-0.3, -0.25) is 4.79 Å². The highest BCUT2D eigenvalue weighted by Gasteiger charge is 2.14. The molecule has 0 saturated carbocycles. The van der Waals surface area contributed by atoms with Crippen molar-refractivity contribution >= 4 is 12.0 Å². The highest BCUT2D eigenvalue weighted by atomic mass is 16.5. The summed E-state index contributed by atoms with van der Waals surface area (Å²) in [5.74, 6) is 1.01. The first-order valence-electron chi connectivity index (χ1n) is 6.83. The van der Waals surface area contributed by atoms with Gasteiger partial charge in [-0.15, -0.1) is 0 Å². The van der Waals surface area contributed by atoms with E-state index in [1.54, 1.807) is 33.5 Å². The van der Waals surface area contributed by atoms with Gasteiger partial charge in [-0.05, 0) is 25.5 Å². The van der Waals surface area contributed by atoms with Gasteiger partial charge in [-0.25, -0.2) is 0 Å². The third kappa shape index (κ3) is 4.79. The largest absolute Gasteiger partial charge is 0.493 e. The number of carbonyl (C=O) groups is 1. The van der Waals surface area contributed by atoms with Crippen molar-refractivity contribution in [1.82, 2.24) is 5.32 Å². The van der Waals surface area contributed by atoms with Crippen LogP contribution in [-0.4, -0.2) is 40.4 Å². The third-order valence-electron chi connectivity index (χ3n) is 2.93. The Balaban J connectivity index is 2.96. The summed E-state index contributed by atoms with van der Waals surface area (Å²) >= 11 is 0. The topological polar surface area (TPSA) is 56.8 Å². The van der Waals surface area contributed by atoms with E-state index in [0.29, 0.717) is 30.2 Å². The molecule has 0 aliphatic rings. The molecule has 21 heavy (non-hydrogen) atoms. The van der Waals surface area contributed by atoms with Crippen molar-refractivity contribution in [3.8, 4) is 11.5 Å². The lowest BCUT2D eigenvalue weighted by atomic mass is 10.1. The first-order chi connectivity index (χ1) is 10.2. The van der Waals surface area contributed by atoms with Gasteiger partial charge in [0.1, 0.15) is 0 Å². The fourth-order valence-electron chi connectivity index (χ4n) is 1.95. The van der Waals surface area contributed by atoms with Crippen molar-refractivity contribution < 1.29 is 19.0 Å². The summed E-state index contributed by atoms with van der Waals surface area (Å²) in [7, 11) is 4.77. The van der Waals surface area contributed by atoms with Gasteiger partial charge in [-0.1, -0.05) is 12.2 Å². The van der Waals surface area contributed by atoms with E-state index in [2.05, 4.69) is 5.32 Å². The zero-order valence-corrected chi connectivity index (χ0v) is 13.1. The highest BCUT2D eigenvalue weighted by Crippen LogP contribution is 2.33. The van der Waals surface area contributed by atoms with Crippen LogP contribution in [0, 0.1) is 0 Å². The van der Waals surface area contributed by atoms with E-state index in [1.807, 2.05) is 19.1 Å². The molecule has 1 amide bonds. The molecule has 5 heteroatoms. The fraction of sp³-hybridized carbons (Fsp3) is 0.438. The average Bonchev–Trinajstić information content (AvgIpc) is 2.50. The SMILES string of the molecule is CC=Cc1cc(C(=O)NCCCOC)cc(OC)c1OC. The molecule has 0 aromatic heterocycles. The highest BCUT2D eigenvalue weighted by molar-refractivity contribution is 5.95. The fourth-order valence-corrected chi connectivity index (χ4v) is 1.95. The van der Waals surface area contributed by atoms with Crippen LogP contribution >= 0.6 is 0 Å². The van der Waals surface area contributed by atoms with E-state index < -0.39 is 0 Å². The number of hydrogen-bond donors (Lipinski definition) is 1. The number of methoxy groups -OCH3 is 3. The summed E-state index contributed by atoms with van der Waals surface area (Å²) < 4.78 is 15.6. The van der Waals surface area contributed by atoms with Crippen LogP contribution in [0.2, 0.25) is 0 Å². The second kappa shape index (κ2) is 9.02. The summed E-state index contributed by atoms with van der Waals surface area (Å²) in [5.41, 5.74) is 1.35. The second-order valence-electron chi connectivity index (χ2n) is 4.40. The number of amides is 1. The summed E-state index contributed by atoms with van der Waals surface area (Å²) in [6.07, 6.45) is 4.54. The van der Waals surface area contributed by atoms with Crippen LogP contribution in [0.5, 0.6) is 11.5 Å². The minimum Gasteiger partial charge on any atom is -0.493 e. The molecular formula is C16H23NO4. The number of rotatable bonds is 8. The van der Waals surface area contributed by atoms with Crippen molar-refractivity contribution in [2.75, 3.05) is 34.5 Å². The number of hydrogen-bond acceptors (Lipinski definition) is 4. The molecule has 5 nitrogen and oxygen atoms in total. The van der Waals surface area contributed by atoms with E-state index in [9.17, 15) is 4.79 Å². The molecule has 0 aliphatic carbocycles. The number of ether oxygens (including phenoxy) is 3. The van der Waals surface area contributed by atoms with Crippen molar-refractivity contribution in [2.24, 2.45) is 0 Å². The molecule has 1 aromatic carbocycles. The third-order valence-corrected chi connectivity index (χ3v) is 2.93. The van der Waals surface area contributed by atoms with Crippen molar-refractivity contribution in [1.29, 1.82) is 0 Å². The predicted molar refractivity (Wildman–Crippen MR) is 83.1 cm³/mol. The molecule has 0 saturated heterocycles. The maximum atomic E-state index is 12.2. The Morgan fingerprint density at radius 3 is 2.57 bits per heavy atom. The molecule has 0 spiro atoms. The van der Waals surface area contributed by atoms with Crippen LogP contribution in [0.3, 0.4) is 0 Å². The minimum atomic E-state index is -0.141. The number of benzene rings is 1.